The number of phenols is 2. The van der Waals surface area contributed by atoms with Crippen LogP contribution in [0.5, 0.6) is 17.2 Å². The second kappa shape index (κ2) is 6.61. The Morgan fingerprint density at radius 2 is 1.92 bits per heavy atom. The minimum absolute atomic E-state index is 0.0170. The van der Waals surface area contributed by atoms with E-state index in [9.17, 15) is 20.1 Å². The lowest BCUT2D eigenvalue weighted by atomic mass is 9.92. The number of aliphatic hydroxyl groups is 1. The van der Waals surface area contributed by atoms with Crippen molar-refractivity contribution in [2.45, 2.75) is 32.5 Å². The van der Waals surface area contributed by atoms with Gasteiger partial charge in [0.05, 0.1) is 5.56 Å². The molecule has 2 aromatic carbocycles. The minimum Gasteiger partial charge on any atom is -0.508 e. The van der Waals surface area contributed by atoms with E-state index in [2.05, 4.69) is 0 Å². The lowest BCUT2D eigenvalue weighted by molar-refractivity contribution is 0.0215. The fourth-order valence-electron chi connectivity index (χ4n) is 2.82. The third-order valence-corrected chi connectivity index (χ3v) is 4.20. The second-order valence-corrected chi connectivity index (χ2v) is 6.40. The number of carbonyl (C=O) groups excluding carboxylic acids is 1. The van der Waals surface area contributed by atoms with E-state index >= 15 is 0 Å². The monoisotopic (exact) mass is 340 g/mol. The third-order valence-electron chi connectivity index (χ3n) is 4.20. The molecule has 3 rings (SSSR count). The molecule has 130 valence electrons. The molecule has 0 saturated heterocycles. The van der Waals surface area contributed by atoms with Crippen molar-refractivity contribution in [2.24, 2.45) is 0 Å². The molecule has 0 bridgehead atoms. The summed E-state index contributed by atoms with van der Waals surface area (Å²) in [5.41, 5.74) is 2.64. The molecule has 0 fully saturated rings. The maximum Gasteiger partial charge on any atom is 0.199 e. The quantitative estimate of drug-likeness (QED) is 0.747. The summed E-state index contributed by atoms with van der Waals surface area (Å²) in [5.74, 6) is -0.0861. The average molecular weight is 340 g/mol. The Morgan fingerprint density at radius 1 is 1.16 bits per heavy atom. The Balaban J connectivity index is 1.98. The topological polar surface area (TPSA) is 87.0 Å². The van der Waals surface area contributed by atoms with Crippen molar-refractivity contribution >= 4 is 5.78 Å². The highest BCUT2D eigenvalue weighted by Crippen LogP contribution is 2.38. The van der Waals surface area contributed by atoms with Gasteiger partial charge in [0.2, 0.25) is 0 Å². The van der Waals surface area contributed by atoms with E-state index in [1.165, 1.54) is 24.3 Å². The number of allylic oxidation sites excluding steroid dienone is 2. The Morgan fingerprint density at radius 3 is 2.64 bits per heavy atom. The predicted molar refractivity (Wildman–Crippen MR) is 93.1 cm³/mol. The van der Waals surface area contributed by atoms with Gasteiger partial charge < -0.3 is 20.1 Å². The van der Waals surface area contributed by atoms with Crippen molar-refractivity contribution in [3.05, 3.63) is 64.7 Å². The molecule has 2 atom stereocenters. The number of ether oxygens (including phenoxy) is 1. The minimum atomic E-state index is -1.35. The number of fused-ring (bicyclic) bond motifs is 1. The van der Waals surface area contributed by atoms with Gasteiger partial charge in [-0.05, 0) is 55.7 Å². The molecular formula is C20H20O5. The van der Waals surface area contributed by atoms with Gasteiger partial charge in [-0.3, -0.25) is 4.79 Å². The lowest BCUT2D eigenvalue weighted by Crippen LogP contribution is -2.36. The number of hydrogen-bond donors (Lipinski definition) is 3. The van der Waals surface area contributed by atoms with Crippen LogP contribution in [0.15, 0.2) is 48.0 Å². The highest BCUT2D eigenvalue weighted by atomic mass is 16.5. The van der Waals surface area contributed by atoms with Crippen LogP contribution in [0, 0.1) is 0 Å². The Bertz CT molecular complexity index is 849. The molecule has 1 heterocycles. The molecule has 0 aliphatic carbocycles. The summed E-state index contributed by atoms with van der Waals surface area (Å²) >= 11 is 0. The van der Waals surface area contributed by atoms with Gasteiger partial charge in [-0.25, -0.2) is 0 Å². The number of carbonyl (C=O) groups is 1. The van der Waals surface area contributed by atoms with Gasteiger partial charge in [0.25, 0.3) is 0 Å². The van der Waals surface area contributed by atoms with Crippen molar-refractivity contribution in [1.82, 2.24) is 0 Å². The van der Waals surface area contributed by atoms with E-state index in [0.717, 1.165) is 5.57 Å². The van der Waals surface area contributed by atoms with E-state index < -0.39 is 18.0 Å². The van der Waals surface area contributed by atoms with Crippen LogP contribution >= 0.6 is 0 Å². The smallest absolute Gasteiger partial charge is 0.199 e. The molecular weight excluding hydrogens is 320 g/mol. The zero-order valence-corrected chi connectivity index (χ0v) is 14.1. The van der Waals surface area contributed by atoms with Crippen LogP contribution in [-0.4, -0.2) is 27.2 Å². The summed E-state index contributed by atoms with van der Waals surface area (Å²) in [6.07, 6.45) is 0.275. The summed E-state index contributed by atoms with van der Waals surface area (Å²) in [6.45, 7) is 3.94. The number of aliphatic hydroxyl groups excluding tert-OH is 1. The zero-order chi connectivity index (χ0) is 18.1. The first-order valence-electron chi connectivity index (χ1n) is 8.04. The molecule has 0 spiro atoms. The van der Waals surface area contributed by atoms with Gasteiger partial charge in [0, 0.05) is 6.07 Å². The summed E-state index contributed by atoms with van der Waals surface area (Å²) in [6, 6.07) is 9.05. The molecule has 25 heavy (non-hydrogen) atoms. The first-order chi connectivity index (χ1) is 11.9. The van der Waals surface area contributed by atoms with E-state index in [4.69, 9.17) is 4.74 Å². The van der Waals surface area contributed by atoms with E-state index in [1.807, 2.05) is 19.9 Å². The first-order valence-corrected chi connectivity index (χ1v) is 8.04. The van der Waals surface area contributed by atoms with E-state index in [-0.39, 0.29) is 22.8 Å². The molecule has 2 aromatic rings. The van der Waals surface area contributed by atoms with Crippen LogP contribution in [0.1, 0.15) is 41.4 Å². The van der Waals surface area contributed by atoms with Crippen molar-refractivity contribution in [1.29, 1.82) is 0 Å². The number of rotatable bonds is 3. The average Bonchev–Trinajstić information content (AvgIpc) is 2.57. The summed E-state index contributed by atoms with van der Waals surface area (Å²) < 4.78 is 5.77. The van der Waals surface area contributed by atoms with Gasteiger partial charge in [-0.2, -0.15) is 0 Å². The fraction of sp³-hybridized carbons (Fsp3) is 0.250. The van der Waals surface area contributed by atoms with Gasteiger partial charge in [0.1, 0.15) is 17.2 Å². The number of benzene rings is 2. The lowest BCUT2D eigenvalue weighted by Gasteiger charge is -2.30. The van der Waals surface area contributed by atoms with Crippen molar-refractivity contribution in [3.63, 3.8) is 0 Å². The fourth-order valence-corrected chi connectivity index (χ4v) is 2.82. The van der Waals surface area contributed by atoms with Crippen LogP contribution in [0.3, 0.4) is 0 Å². The molecule has 1 aliphatic heterocycles. The van der Waals surface area contributed by atoms with Crippen LogP contribution in [0.4, 0.5) is 0 Å². The Labute approximate surface area is 145 Å². The summed E-state index contributed by atoms with van der Waals surface area (Å²) in [4.78, 5) is 12.4. The number of phenolic OH excluding ortho intramolecular Hbond substituents is 2. The maximum absolute atomic E-state index is 12.4. The van der Waals surface area contributed by atoms with Crippen molar-refractivity contribution in [2.75, 3.05) is 0 Å². The third kappa shape index (κ3) is 3.37. The second-order valence-electron chi connectivity index (χ2n) is 6.40. The maximum atomic E-state index is 12.4. The van der Waals surface area contributed by atoms with Crippen molar-refractivity contribution in [3.8, 4) is 17.2 Å². The van der Waals surface area contributed by atoms with Crippen LogP contribution in [0.25, 0.3) is 0 Å². The largest absolute Gasteiger partial charge is 0.508 e. The number of ketones is 1. The summed E-state index contributed by atoms with van der Waals surface area (Å²) in [7, 11) is 0. The molecule has 1 aliphatic rings. The number of Topliss-reactive ketones (excluding diaryl/α,β-unsaturated/α-hetero) is 1. The predicted octanol–water partition coefficient (Wildman–Crippen LogP) is 3.28. The normalized spacial score (nSPS) is 19.1. The Hall–Kier alpha value is -2.79. The molecule has 5 heteroatoms. The molecule has 0 radical (unpaired) electrons. The number of aromatic hydroxyl groups is 2. The summed E-state index contributed by atoms with van der Waals surface area (Å²) in [5, 5.41) is 30.0. The molecule has 0 saturated carbocycles. The molecule has 5 nitrogen and oxygen atoms in total. The molecule has 3 N–H and O–H groups in total. The Kier molecular flexibility index (Phi) is 4.51. The highest BCUT2D eigenvalue weighted by Gasteiger charge is 2.37. The van der Waals surface area contributed by atoms with Gasteiger partial charge in [-0.1, -0.05) is 17.7 Å². The zero-order valence-electron chi connectivity index (χ0n) is 14.1. The first kappa shape index (κ1) is 17.0. The SMILES string of the molecule is CC(C)=CCc1cc(C2Oc3cc(O)ccc3C(=O)C2O)ccc1O. The molecule has 2 unspecified atom stereocenters. The molecule has 0 aromatic heterocycles. The highest BCUT2D eigenvalue weighted by molar-refractivity contribution is 6.03. The van der Waals surface area contributed by atoms with E-state index in [1.54, 1.807) is 12.1 Å². The number of hydrogen-bond acceptors (Lipinski definition) is 5. The van der Waals surface area contributed by atoms with E-state index in [0.29, 0.717) is 17.5 Å². The standard InChI is InChI=1S/C20H20O5/c1-11(2)3-4-12-9-13(5-8-16(12)22)20-19(24)18(23)15-7-6-14(21)10-17(15)25-20/h3,5-10,19-22,24H,4H2,1-2H3. The van der Waals surface area contributed by atoms with Crippen LogP contribution < -0.4 is 4.74 Å². The van der Waals surface area contributed by atoms with Crippen molar-refractivity contribution < 1.29 is 24.9 Å². The van der Waals surface area contributed by atoms with Crippen LogP contribution in [0.2, 0.25) is 0 Å². The van der Waals surface area contributed by atoms with Crippen LogP contribution in [-0.2, 0) is 6.42 Å². The van der Waals surface area contributed by atoms with Gasteiger partial charge >= 0.3 is 0 Å². The molecule has 0 amide bonds. The van der Waals surface area contributed by atoms with Gasteiger partial charge in [-0.15, -0.1) is 0 Å². The van der Waals surface area contributed by atoms with Gasteiger partial charge in [0.15, 0.2) is 18.0 Å².